The Labute approximate surface area is 135 Å². The number of carbonyl (C=O) groups excluding carboxylic acids is 1. The van der Waals surface area contributed by atoms with Crippen molar-refractivity contribution in [2.75, 3.05) is 13.7 Å². The quantitative estimate of drug-likeness (QED) is 0.880. The molecule has 6 heteroatoms. The van der Waals surface area contributed by atoms with Crippen LogP contribution < -0.4 is 15.6 Å². The van der Waals surface area contributed by atoms with Crippen molar-refractivity contribution in [1.82, 2.24) is 14.9 Å². The Hall–Kier alpha value is -2.63. The highest BCUT2D eigenvalue weighted by Gasteiger charge is 2.07. The van der Waals surface area contributed by atoms with Gasteiger partial charge in [-0.15, -0.1) is 0 Å². The zero-order valence-electron chi connectivity index (χ0n) is 13.6. The molecule has 1 aromatic carbocycles. The van der Waals surface area contributed by atoms with Crippen LogP contribution in [0.15, 0.2) is 41.5 Å². The lowest BCUT2D eigenvalue weighted by molar-refractivity contribution is -0.121. The second-order valence-corrected chi connectivity index (χ2v) is 5.67. The van der Waals surface area contributed by atoms with E-state index in [2.05, 4.69) is 10.3 Å². The van der Waals surface area contributed by atoms with E-state index in [1.54, 1.807) is 7.11 Å². The first-order chi connectivity index (χ1) is 11.0. The molecule has 1 heterocycles. The third-order valence-corrected chi connectivity index (χ3v) is 3.29. The maximum absolute atomic E-state index is 12.1. The summed E-state index contributed by atoms with van der Waals surface area (Å²) < 4.78 is 6.39. The summed E-state index contributed by atoms with van der Waals surface area (Å²) >= 11 is 0. The van der Waals surface area contributed by atoms with Gasteiger partial charge < -0.3 is 10.1 Å². The zero-order valence-corrected chi connectivity index (χ0v) is 13.6. The lowest BCUT2D eigenvalue weighted by Gasteiger charge is -2.09. The number of carbonyl (C=O) groups is 1. The minimum atomic E-state index is -0.259. The van der Waals surface area contributed by atoms with Gasteiger partial charge in [-0.2, -0.15) is 0 Å². The Kier molecular flexibility index (Phi) is 5.51. The lowest BCUT2D eigenvalue weighted by Crippen LogP contribution is -2.34. The van der Waals surface area contributed by atoms with Gasteiger partial charge in [0, 0.05) is 18.2 Å². The van der Waals surface area contributed by atoms with Crippen LogP contribution in [0.4, 0.5) is 0 Å². The highest BCUT2D eigenvalue weighted by molar-refractivity contribution is 5.75. The fourth-order valence-electron chi connectivity index (χ4n) is 1.99. The second-order valence-electron chi connectivity index (χ2n) is 5.67. The van der Waals surface area contributed by atoms with E-state index in [4.69, 9.17) is 4.74 Å². The predicted molar refractivity (Wildman–Crippen MR) is 88.3 cm³/mol. The maximum Gasteiger partial charge on any atom is 0.254 e. The molecule has 0 aliphatic carbocycles. The summed E-state index contributed by atoms with van der Waals surface area (Å²) in [6.07, 6.45) is 1.40. The van der Waals surface area contributed by atoms with Crippen molar-refractivity contribution < 1.29 is 9.53 Å². The van der Waals surface area contributed by atoms with Gasteiger partial charge in [0.15, 0.2) is 0 Å². The van der Waals surface area contributed by atoms with Crippen LogP contribution in [0.2, 0.25) is 0 Å². The Morgan fingerprint density at radius 2 is 2.00 bits per heavy atom. The van der Waals surface area contributed by atoms with Crippen molar-refractivity contribution in [2.24, 2.45) is 5.92 Å². The molecule has 0 saturated heterocycles. The van der Waals surface area contributed by atoms with E-state index in [1.165, 1.54) is 17.0 Å². The van der Waals surface area contributed by atoms with Crippen LogP contribution in [-0.2, 0) is 11.3 Å². The molecule has 122 valence electrons. The summed E-state index contributed by atoms with van der Waals surface area (Å²) in [5.74, 6) is 0.912. The fourth-order valence-corrected chi connectivity index (χ4v) is 1.99. The Morgan fingerprint density at radius 3 is 2.57 bits per heavy atom. The molecule has 1 amide bonds. The number of hydrogen-bond acceptors (Lipinski definition) is 4. The van der Waals surface area contributed by atoms with E-state index in [-0.39, 0.29) is 18.0 Å². The number of benzene rings is 1. The second kappa shape index (κ2) is 7.58. The number of amides is 1. The molecule has 0 spiro atoms. The third kappa shape index (κ3) is 4.67. The van der Waals surface area contributed by atoms with Crippen molar-refractivity contribution in [3.8, 4) is 17.0 Å². The molecule has 0 bridgehead atoms. The molecule has 0 fully saturated rings. The normalized spacial score (nSPS) is 10.6. The van der Waals surface area contributed by atoms with E-state index in [1.807, 2.05) is 38.1 Å². The van der Waals surface area contributed by atoms with Crippen LogP contribution in [0.25, 0.3) is 11.3 Å². The zero-order chi connectivity index (χ0) is 16.8. The average molecular weight is 315 g/mol. The van der Waals surface area contributed by atoms with Crippen LogP contribution in [0.1, 0.15) is 13.8 Å². The smallest absolute Gasteiger partial charge is 0.254 e. The summed E-state index contributed by atoms with van der Waals surface area (Å²) in [5.41, 5.74) is 1.13. The molecule has 1 aromatic heterocycles. The summed E-state index contributed by atoms with van der Waals surface area (Å²) in [5, 5.41) is 2.78. The largest absolute Gasteiger partial charge is 0.497 e. The number of nitrogens with one attached hydrogen (secondary N) is 1. The predicted octanol–water partition coefficient (Wildman–Crippen LogP) is 1.69. The first kappa shape index (κ1) is 16.7. The molecule has 0 atom stereocenters. The number of methoxy groups -OCH3 is 1. The molecule has 0 aliphatic rings. The molecule has 0 radical (unpaired) electrons. The van der Waals surface area contributed by atoms with Crippen LogP contribution in [0, 0.1) is 5.92 Å². The number of hydrogen-bond donors (Lipinski definition) is 1. The summed E-state index contributed by atoms with van der Waals surface area (Å²) in [6.45, 7) is 4.59. The van der Waals surface area contributed by atoms with E-state index in [9.17, 15) is 9.59 Å². The molecular weight excluding hydrogens is 294 g/mol. The molecular formula is C17H21N3O3. The van der Waals surface area contributed by atoms with Gasteiger partial charge in [-0.05, 0) is 30.2 Å². The number of ether oxygens (including phenoxy) is 1. The van der Waals surface area contributed by atoms with Gasteiger partial charge in [0.2, 0.25) is 5.91 Å². The standard InChI is InChI=1S/C17H21N3O3/c1-12(2)9-18-16(21)10-20-11-19-15(8-17(20)22)13-4-6-14(23-3)7-5-13/h4-8,11-12H,9-10H2,1-3H3,(H,18,21). The first-order valence-corrected chi connectivity index (χ1v) is 7.47. The van der Waals surface area contributed by atoms with Crippen LogP contribution in [0.3, 0.4) is 0 Å². The van der Waals surface area contributed by atoms with E-state index >= 15 is 0 Å². The molecule has 23 heavy (non-hydrogen) atoms. The topological polar surface area (TPSA) is 73.2 Å². The van der Waals surface area contributed by atoms with Gasteiger partial charge >= 0.3 is 0 Å². The van der Waals surface area contributed by atoms with Gasteiger partial charge in [-0.3, -0.25) is 14.2 Å². The highest BCUT2D eigenvalue weighted by atomic mass is 16.5. The average Bonchev–Trinajstić information content (AvgIpc) is 2.55. The minimum absolute atomic E-state index is 0.0263. The molecule has 6 nitrogen and oxygen atoms in total. The summed E-state index contributed by atoms with van der Waals surface area (Å²) in [7, 11) is 1.60. The Balaban J connectivity index is 2.11. The Bertz CT molecular complexity index is 721. The first-order valence-electron chi connectivity index (χ1n) is 7.47. The van der Waals surface area contributed by atoms with E-state index < -0.39 is 0 Å². The molecule has 0 unspecified atom stereocenters. The number of nitrogens with zero attached hydrogens (tertiary/aromatic N) is 2. The monoisotopic (exact) mass is 315 g/mol. The molecule has 2 aromatic rings. The van der Waals surface area contributed by atoms with Crippen LogP contribution >= 0.6 is 0 Å². The van der Waals surface area contributed by atoms with Crippen LogP contribution in [-0.4, -0.2) is 29.1 Å². The Morgan fingerprint density at radius 1 is 1.30 bits per heavy atom. The molecule has 2 rings (SSSR count). The molecule has 1 N–H and O–H groups in total. The van der Waals surface area contributed by atoms with Gasteiger partial charge in [0.05, 0.1) is 19.1 Å². The van der Waals surface area contributed by atoms with Gasteiger partial charge in [0.25, 0.3) is 5.56 Å². The number of aromatic nitrogens is 2. The van der Waals surface area contributed by atoms with Crippen molar-refractivity contribution in [3.63, 3.8) is 0 Å². The van der Waals surface area contributed by atoms with Crippen molar-refractivity contribution in [3.05, 3.63) is 47.0 Å². The van der Waals surface area contributed by atoms with Gasteiger partial charge in [-0.25, -0.2) is 4.98 Å². The third-order valence-electron chi connectivity index (χ3n) is 3.29. The fraction of sp³-hybridized carbons (Fsp3) is 0.353. The van der Waals surface area contributed by atoms with Gasteiger partial charge in [0.1, 0.15) is 12.3 Å². The summed E-state index contributed by atoms with van der Waals surface area (Å²) in [4.78, 5) is 28.2. The van der Waals surface area contributed by atoms with Crippen molar-refractivity contribution in [2.45, 2.75) is 20.4 Å². The van der Waals surface area contributed by atoms with Crippen molar-refractivity contribution in [1.29, 1.82) is 0 Å². The highest BCUT2D eigenvalue weighted by Crippen LogP contribution is 2.19. The minimum Gasteiger partial charge on any atom is -0.497 e. The maximum atomic E-state index is 12.1. The lowest BCUT2D eigenvalue weighted by atomic mass is 10.1. The van der Waals surface area contributed by atoms with E-state index in [0.717, 1.165) is 11.3 Å². The number of rotatable bonds is 6. The SMILES string of the molecule is COc1ccc(-c2cc(=O)n(CC(=O)NCC(C)C)cn2)cc1. The van der Waals surface area contributed by atoms with Crippen molar-refractivity contribution >= 4 is 5.91 Å². The van der Waals surface area contributed by atoms with E-state index in [0.29, 0.717) is 18.2 Å². The van der Waals surface area contributed by atoms with Crippen LogP contribution in [0.5, 0.6) is 5.75 Å². The molecule has 0 aliphatic heterocycles. The summed E-state index contributed by atoms with van der Waals surface area (Å²) in [6, 6.07) is 8.71. The molecule has 0 saturated carbocycles. The van der Waals surface area contributed by atoms with Gasteiger partial charge in [-0.1, -0.05) is 13.8 Å².